The first-order chi connectivity index (χ1) is 20.6. The fraction of sp³-hybridized carbons (Fsp3) is 0.258. The fourth-order valence-corrected chi connectivity index (χ4v) is 6.55. The highest BCUT2D eigenvalue weighted by Crippen LogP contribution is 2.56. The number of fused-ring (bicyclic) bond motifs is 5. The van der Waals surface area contributed by atoms with Gasteiger partial charge in [0.25, 0.3) is 23.4 Å². The number of Topliss-reactive ketones (excluding diaryl/α,β-unsaturated/α-hetero) is 1. The van der Waals surface area contributed by atoms with E-state index < -0.39 is 52.8 Å². The number of ketones is 1. The lowest BCUT2D eigenvalue weighted by Crippen LogP contribution is -2.52. The summed E-state index contributed by atoms with van der Waals surface area (Å²) in [7, 11) is 0. The van der Waals surface area contributed by atoms with Crippen LogP contribution in [0.2, 0.25) is 5.02 Å². The Morgan fingerprint density at radius 2 is 1.37 bits per heavy atom. The van der Waals surface area contributed by atoms with Crippen LogP contribution in [0.25, 0.3) is 0 Å². The molecule has 43 heavy (non-hydrogen) atoms. The van der Waals surface area contributed by atoms with Crippen LogP contribution in [0.15, 0.2) is 72.8 Å². The number of halogens is 1. The van der Waals surface area contributed by atoms with Gasteiger partial charge in [0.05, 0.1) is 22.3 Å². The Hall–Kier alpha value is -4.90. The molecule has 0 N–H and O–H groups in total. The number of nitro groups is 1. The molecule has 6 rings (SSSR count). The van der Waals surface area contributed by atoms with Crippen LogP contribution in [0.4, 0.5) is 5.69 Å². The maximum absolute atomic E-state index is 13.7. The molecule has 218 valence electrons. The number of ether oxygens (including phenoxy) is 1. The van der Waals surface area contributed by atoms with Gasteiger partial charge in [-0.2, -0.15) is 5.01 Å². The van der Waals surface area contributed by atoms with Gasteiger partial charge < -0.3 is 4.74 Å². The molecule has 3 fully saturated rings. The second-order valence-corrected chi connectivity index (χ2v) is 11.3. The van der Waals surface area contributed by atoms with Crippen LogP contribution in [0.5, 0.6) is 5.75 Å². The summed E-state index contributed by atoms with van der Waals surface area (Å²) < 4.78 is 5.31. The second-order valence-electron chi connectivity index (χ2n) is 10.9. The predicted octanol–water partition coefficient (Wildman–Crippen LogP) is 4.74. The van der Waals surface area contributed by atoms with Crippen LogP contribution >= 0.6 is 11.6 Å². The number of benzene rings is 3. The molecule has 0 aromatic heterocycles. The van der Waals surface area contributed by atoms with E-state index in [-0.39, 0.29) is 40.0 Å². The molecule has 1 heterocycles. The second kappa shape index (κ2) is 11.1. The number of nitro benzene ring substituents is 1. The van der Waals surface area contributed by atoms with Gasteiger partial charge in [-0.25, -0.2) is 9.80 Å². The molecule has 2 bridgehead atoms. The summed E-state index contributed by atoms with van der Waals surface area (Å²) in [6, 6.07) is 16.4. The van der Waals surface area contributed by atoms with Crippen LogP contribution in [0, 0.1) is 33.8 Å². The van der Waals surface area contributed by atoms with Gasteiger partial charge in [0.15, 0.2) is 5.78 Å². The van der Waals surface area contributed by atoms with Crippen LogP contribution in [0.3, 0.4) is 0 Å². The van der Waals surface area contributed by atoms with Crippen molar-refractivity contribution in [2.75, 3.05) is 6.54 Å². The zero-order valence-electron chi connectivity index (χ0n) is 22.6. The largest absolute Gasteiger partial charge is 0.423 e. The number of carbonyl (C=O) groups is 5. The van der Waals surface area contributed by atoms with Gasteiger partial charge in [-0.15, -0.1) is 0 Å². The molecule has 2 aliphatic carbocycles. The van der Waals surface area contributed by atoms with Crippen molar-refractivity contribution in [1.82, 2.24) is 10.0 Å². The number of rotatable bonds is 8. The lowest BCUT2D eigenvalue weighted by molar-refractivity contribution is -0.384. The first-order valence-corrected chi connectivity index (χ1v) is 14.0. The predicted molar refractivity (Wildman–Crippen MR) is 151 cm³/mol. The number of nitrogens with zero attached hydrogens (tertiary/aromatic N) is 3. The average molecular weight is 602 g/mol. The molecule has 4 atom stereocenters. The lowest BCUT2D eigenvalue weighted by atomic mass is 9.81. The zero-order valence-corrected chi connectivity index (χ0v) is 23.3. The van der Waals surface area contributed by atoms with E-state index in [4.69, 9.17) is 16.3 Å². The van der Waals surface area contributed by atoms with Crippen molar-refractivity contribution < 1.29 is 33.6 Å². The van der Waals surface area contributed by atoms with E-state index in [1.54, 1.807) is 0 Å². The summed E-state index contributed by atoms with van der Waals surface area (Å²) in [5, 5.41) is 13.0. The number of amides is 3. The number of esters is 1. The Morgan fingerprint density at radius 3 is 1.93 bits per heavy atom. The van der Waals surface area contributed by atoms with Crippen LogP contribution < -0.4 is 4.74 Å². The standard InChI is InChI=1S/C31H24ClN3O8/c32-22-9-3-18(4-10-22)28(37)33(34-29(38)26-20-1-2-21(15-20)27(26)30(34)39)16-25(36)17-7-13-24(14-8-17)43-31(40)19-5-11-23(12-6-19)35(41)42/h3-14,20-21,26-27H,1-2,15-16H2/t20-,21-,26+,27+/m0/s1. The molecule has 11 nitrogen and oxygen atoms in total. The highest BCUT2D eigenvalue weighted by Gasteiger charge is 2.62. The molecule has 1 aliphatic heterocycles. The summed E-state index contributed by atoms with van der Waals surface area (Å²) in [4.78, 5) is 76.9. The molecule has 0 radical (unpaired) electrons. The summed E-state index contributed by atoms with van der Waals surface area (Å²) >= 11 is 5.98. The van der Waals surface area contributed by atoms with Crippen LogP contribution in [0.1, 0.15) is 50.3 Å². The van der Waals surface area contributed by atoms with Gasteiger partial charge in [0.2, 0.25) is 0 Å². The average Bonchev–Trinajstić information content (AvgIpc) is 3.70. The zero-order chi connectivity index (χ0) is 30.4. The van der Waals surface area contributed by atoms with Gasteiger partial charge in [-0.3, -0.25) is 29.3 Å². The van der Waals surface area contributed by atoms with E-state index in [9.17, 15) is 34.1 Å². The summed E-state index contributed by atoms with van der Waals surface area (Å²) in [5.74, 6) is -3.54. The highest BCUT2D eigenvalue weighted by molar-refractivity contribution is 6.30. The van der Waals surface area contributed by atoms with E-state index in [2.05, 4.69) is 0 Å². The Labute approximate surface area is 250 Å². The minimum absolute atomic E-state index is 0.0975. The third-order valence-electron chi connectivity index (χ3n) is 8.47. The van der Waals surface area contributed by atoms with Crippen molar-refractivity contribution in [3.05, 3.63) is 105 Å². The topological polar surface area (TPSA) is 144 Å². The smallest absolute Gasteiger partial charge is 0.343 e. The number of carbonyl (C=O) groups excluding carboxylic acids is 5. The molecule has 0 spiro atoms. The number of non-ortho nitro benzene ring substituents is 1. The highest BCUT2D eigenvalue weighted by atomic mass is 35.5. The number of hydrogen-bond donors (Lipinski definition) is 0. The normalized spacial score (nSPS) is 21.9. The Kier molecular flexibility index (Phi) is 7.26. The third kappa shape index (κ3) is 5.16. The third-order valence-corrected chi connectivity index (χ3v) is 8.72. The first-order valence-electron chi connectivity index (χ1n) is 13.7. The molecular weight excluding hydrogens is 578 g/mol. The SMILES string of the molecule is O=C(CN(C(=O)c1ccc(Cl)cc1)N1C(=O)[C@@H]2[C@H]3CC[C@@H](C3)[C@H]2C1=O)c1ccc(OC(=O)c2ccc([N+](=O)[O-])cc2)cc1. The lowest BCUT2D eigenvalue weighted by Gasteiger charge is -2.30. The summed E-state index contributed by atoms with van der Waals surface area (Å²) in [6.45, 7) is -0.574. The molecule has 3 aromatic carbocycles. The minimum atomic E-state index is -0.751. The van der Waals surface area contributed by atoms with Gasteiger partial charge in [-0.05, 0) is 91.8 Å². The quantitative estimate of drug-likeness (QED) is 0.0899. The molecule has 2 saturated carbocycles. The van der Waals surface area contributed by atoms with Crippen molar-refractivity contribution >= 4 is 46.8 Å². The van der Waals surface area contributed by atoms with Gasteiger partial charge in [0.1, 0.15) is 12.3 Å². The van der Waals surface area contributed by atoms with E-state index in [1.807, 2.05) is 0 Å². The first kappa shape index (κ1) is 28.2. The number of hydrazine groups is 1. The van der Waals surface area contributed by atoms with Crippen LogP contribution in [-0.2, 0) is 9.59 Å². The minimum Gasteiger partial charge on any atom is -0.423 e. The van der Waals surface area contributed by atoms with Crippen molar-refractivity contribution in [1.29, 1.82) is 0 Å². The van der Waals surface area contributed by atoms with Crippen LogP contribution in [-0.4, -0.2) is 51.0 Å². The van der Waals surface area contributed by atoms with Gasteiger partial charge in [0, 0.05) is 28.3 Å². The molecule has 3 aromatic rings. The number of imide groups is 1. The van der Waals surface area contributed by atoms with Gasteiger partial charge in [-0.1, -0.05) is 11.6 Å². The molecule has 3 amide bonds. The van der Waals surface area contributed by atoms with Crippen molar-refractivity contribution in [2.24, 2.45) is 23.7 Å². The molecule has 12 heteroatoms. The van der Waals surface area contributed by atoms with Crippen molar-refractivity contribution in [3.8, 4) is 5.75 Å². The molecular formula is C31H24ClN3O8. The van der Waals surface area contributed by atoms with E-state index in [0.717, 1.165) is 29.3 Å². The van der Waals surface area contributed by atoms with E-state index >= 15 is 0 Å². The summed E-state index contributed by atoms with van der Waals surface area (Å²) in [5.41, 5.74) is 0.242. The van der Waals surface area contributed by atoms with Crippen molar-refractivity contribution in [3.63, 3.8) is 0 Å². The Bertz CT molecular complexity index is 1630. The van der Waals surface area contributed by atoms with E-state index in [1.165, 1.54) is 72.8 Å². The molecule has 0 unspecified atom stereocenters. The van der Waals surface area contributed by atoms with Gasteiger partial charge >= 0.3 is 5.97 Å². The molecule has 1 saturated heterocycles. The maximum atomic E-state index is 13.7. The monoisotopic (exact) mass is 601 g/mol. The maximum Gasteiger partial charge on any atom is 0.343 e. The summed E-state index contributed by atoms with van der Waals surface area (Å²) in [6.07, 6.45) is 2.56. The Balaban J connectivity index is 1.21. The fourth-order valence-electron chi connectivity index (χ4n) is 6.43. The molecule has 3 aliphatic rings. The Morgan fingerprint density at radius 1 is 0.837 bits per heavy atom. The van der Waals surface area contributed by atoms with E-state index in [0.29, 0.717) is 5.02 Å². The van der Waals surface area contributed by atoms with Crippen molar-refractivity contribution in [2.45, 2.75) is 19.3 Å². The number of hydrogen-bond acceptors (Lipinski definition) is 8.